The van der Waals surface area contributed by atoms with Gasteiger partial charge in [0.25, 0.3) is 0 Å². The molecule has 0 unspecified atom stereocenters. The summed E-state index contributed by atoms with van der Waals surface area (Å²) in [5.74, 6) is 2.98. The summed E-state index contributed by atoms with van der Waals surface area (Å²) in [5.41, 5.74) is 6.11. The molecule has 5 nitrogen and oxygen atoms in total. The first-order valence-electron chi connectivity index (χ1n) is 11.2. The van der Waals surface area contributed by atoms with E-state index in [-0.39, 0.29) is 17.0 Å². The van der Waals surface area contributed by atoms with Gasteiger partial charge in [-0.3, -0.25) is 0 Å². The van der Waals surface area contributed by atoms with Gasteiger partial charge in [-0.1, -0.05) is 28.1 Å². The highest BCUT2D eigenvalue weighted by atomic mass is 79.9. The van der Waals surface area contributed by atoms with Crippen molar-refractivity contribution in [1.29, 1.82) is 0 Å². The Labute approximate surface area is 224 Å². The van der Waals surface area contributed by atoms with Crippen molar-refractivity contribution < 1.29 is 40.5 Å². The lowest BCUT2D eigenvalue weighted by Crippen LogP contribution is -3.00. The summed E-state index contributed by atoms with van der Waals surface area (Å²) in [6, 6.07) is 16.9. The van der Waals surface area contributed by atoms with Gasteiger partial charge in [-0.25, -0.2) is 0 Å². The third-order valence-corrected chi connectivity index (χ3v) is 7.08. The van der Waals surface area contributed by atoms with Gasteiger partial charge in [0.2, 0.25) is 5.69 Å². The molecule has 0 N–H and O–H groups in total. The highest BCUT2D eigenvalue weighted by Crippen LogP contribution is 2.43. The first-order valence-corrected chi connectivity index (χ1v) is 12.0. The van der Waals surface area contributed by atoms with Crippen LogP contribution in [0.1, 0.15) is 16.7 Å². The fourth-order valence-electron chi connectivity index (χ4n) is 4.93. The van der Waals surface area contributed by atoms with E-state index >= 15 is 0 Å². The average Bonchev–Trinajstić information content (AvgIpc) is 2.87. The van der Waals surface area contributed by atoms with Crippen molar-refractivity contribution in [2.45, 2.75) is 19.4 Å². The smallest absolute Gasteiger partial charge is 0.217 e. The minimum absolute atomic E-state index is 0. The van der Waals surface area contributed by atoms with Gasteiger partial charge in [-0.2, -0.15) is 4.57 Å². The maximum absolute atomic E-state index is 5.82. The number of methoxy groups -OCH3 is 4. The first kappa shape index (κ1) is 25.3. The number of aryl methyl sites for hydroxylation is 2. The molecular weight excluding hydrogens is 574 g/mol. The Morgan fingerprint density at radius 2 is 1.49 bits per heavy atom. The van der Waals surface area contributed by atoms with Crippen LogP contribution in [0.5, 0.6) is 23.0 Å². The van der Waals surface area contributed by atoms with Crippen LogP contribution in [0, 0.1) is 0 Å². The Morgan fingerprint density at radius 1 is 0.800 bits per heavy atom. The van der Waals surface area contributed by atoms with Crippen molar-refractivity contribution in [3.63, 3.8) is 0 Å². The summed E-state index contributed by atoms with van der Waals surface area (Å²) in [6.45, 7) is 0.863. The molecule has 0 radical (unpaired) electrons. The third kappa shape index (κ3) is 4.47. The zero-order valence-corrected chi connectivity index (χ0v) is 23.3. The van der Waals surface area contributed by atoms with Crippen molar-refractivity contribution in [2.24, 2.45) is 0 Å². The molecule has 0 saturated carbocycles. The van der Waals surface area contributed by atoms with Crippen LogP contribution < -0.4 is 40.5 Å². The van der Waals surface area contributed by atoms with Crippen LogP contribution in [0.4, 0.5) is 0 Å². The molecule has 1 aromatic heterocycles. The summed E-state index contributed by atoms with van der Waals surface area (Å²) in [4.78, 5) is 0. The summed E-state index contributed by atoms with van der Waals surface area (Å²) < 4.78 is 26.1. The molecule has 0 bridgehead atoms. The Hall–Kier alpha value is -2.77. The van der Waals surface area contributed by atoms with Gasteiger partial charge in [0.05, 0.1) is 39.4 Å². The monoisotopic (exact) mass is 599 g/mol. The summed E-state index contributed by atoms with van der Waals surface area (Å²) in [5, 5.41) is 2.19. The van der Waals surface area contributed by atoms with Crippen molar-refractivity contribution >= 4 is 26.7 Å². The quantitative estimate of drug-likeness (QED) is 0.319. The summed E-state index contributed by atoms with van der Waals surface area (Å²) in [6.07, 6.45) is 3.88. The molecule has 0 fully saturated rings. The molecule has 7 heteroatoms. The summed E-state index contributed by atoms with van der Waals surface area (Å²) >= 11 is 3.56. The molecular formula is C28H27Br2NO4. The number of aromatic nitrogens is 1. The van der Waals surface area contributed by atoms with E-state index in [1.807, 2.05) is 6.07 Å². The number of pyridine rings is 1. The number of ether oxygens (including phenoxy) is 4. The number of benzene rings is 3. The van der Waals surface area contributed by atoms with Gasteiger partial charge in [0.15, 0.2) is 35.7 Å². The minimum atomic E-state index is 0. The number of hydrogen-bond donors (Lipinski definition) is 0. The predicted molar refractivity (Wildman–Crippen MR) is 136 cm³/mol. The molecule has 2 heterocycles. The first-order chi connectivity index (χ1) is 16.6. The standard InChI is InChI=1S/C28H27BrNO4.BrH/c1-31-24-10-9-20-22(13-17-5-7-19(29)8-6-17)27-21-15-26(33-3)25(32-2)14-18(21)11-12-30(27)16-23(20)28(24)34-4;/h5-10,14-16H,11-13H2,1-4H3;1H/q+1;/p-1. The van der Waals surface area contributed by atoms with Crippen LogP contribution in [-0.2, 0) is 19.4 Å². The van der Waals surface area contributed by atoms with Crippen LogP contribution in [-0.4, -0.2) is 28.4 Å². The van der Waals surface area contributed by atoms with Gasteiger partial charge in [0, 0.05) is 28.3 Å². The molecule has 5 rings (SSSR count). The second-order valence-electron chi connectivity index (χ2n) is 8.33. The van der Waals surface area contributed by atoms with Gasteiger partial charge in [-0.05, 0) is 47.5 Å². The molecule has 0 spiro atoms. The number of fused-ring (bicyclic) bond motifs is 4. The number of rotatable bonds is 6. The molecule has 4 aromatic rings. The fourth-order valence-corrected chi connectivity index (χ4v) is 5.20. The topological polar surface area (TPSA) is 40.8 Å². The second kappa shape index (κ2) is 10.5. The molecule has 182 valence electrons. The highest BCUT2D eigenvalue weighted by Gasteiger charge is 2.31. The van der Waals surface area contributed by atoms with E-state index in [0.717, 1.165) is 57.6 Å². The van der Waals surface area contributed by atoms with Crippen molar-refractivity contribution in [3.8, 4) is 34.3 Å². The maximum atomic E-state index is 5.82. The molecule has 0 atom stereocenters. The lowest BCUT2D eigenvalue weighted by molar-refractivity contribution is -0.686. The predicted octanol–water partition coefficient (Wildman–Crippen LogP) is 2.74. The Kier molecular flexibility index (Phi) is 7.57. The van der Waals surface area contributed by atoms with Gasteiger partial charge < -0.3 is 35.9 Å². The zero-order chi connectivity index (χ0) is 23.8. The van der Waals surface area contributed by atoms with E-state index in [4.69, 9.17) is 18.9 Å². The van der Waals surface area contributed by atoms with E-state index in [2.05, 4.69) is 69.2 Å². The third-order valence-electron chi connectivity index (χ3n) is 6.55. The second-order valence-corrected chi connectivity index (χ2v) is 9.25. The number of halogens is 2. The zero-order valence-electron chi connectivity index (χ0n) is 20.2. The van der Waals surface area contributed by atoms with E-state index in [1.54, 1.807) is 28.4 Å². The lowest BCUT2D eigenvalue weighted by atomic mass is 9.88. The van der Waals surface area contributed by atoms with Crippen LogP contribution in [0.15, 0.2) is 59.2 Å². The largest absolute Gasteiger partial charge is 1.00 e. The van der Waals surface area contributed by atoms with Gasteiger partial charge in [-0.15, -0.1) is 0 Å². The number of nitrogens with zero attached hydrogens (tertiary/aromatic N) is 1. The van der Waals surface area contributed by atoms with Gasteiger partial charge >= 0.3 is 0 Å². The Bertz CT molecular complexity index is 1390. The maximum Gasteiger partial charge on any atom is 0.217 e. The van der Waals surface area contributed by atoms with Crippen molar-refractivity contribution in [2.75, 3.05) is 28.4 Å². The van der Waals surface area contributed by atoms with Crippen LogP contribution in [0.2, 0.25) is 0 Å². The molecule has 3 aromatic carbocycles. The molecule has 0 amide bonds. The van der Waals surface area contributed by atoms with Gasteiger partial charge in [0.1, 0.15) is 0 Å². The Morgan fingerprint density at radius 3 is 2.14 bits per heavy atom. The van der Waals surface area contributed by atoms with E-state index in [1.165, 1.54) is 27.9 Å². The van der Waals surface area contributed by atoms with Crippen LogP contribution >= 0.6 is 15.9 Å². The van der Waals surface area contributed by atoms with Crippen LogP contribution in [0.25, 0.3) is 22.0 Å². The molecule has 35 heavy (non-hydrogen) atoms. The van der Waals surface area contributed by atoms with E-state index in [9.17, 15) is 0 Å². The molecule has 1 aliphatic rings. The minimum Gasteiger partial charge on any atom is -1.00 e. The number of hydrogen-bond acceptors (Lipinski definition) is 4. The molecule has 0 saturated heterocycles. The Balaban J connectivity index is 0.00000289. The van der Waals surface area contributed by atoms with Crippen LogP contribution in [0.3, 0.4) is 0 Å². The van der Waals surface area contributed by atoms with E-state index < -0.39 is 0 Å². The van der Waals surface area contributed by atoms with E-state index in [0.29, 0.717) is 0 Å². The SMILES string of the molecule is COc1cc2c(cc1OC)-c1c(Cc3ccc(Br)cc3)c3ccc(OC)c(OC)c3c[n+]1CC2.[Br-]. The van der Waals surface area contributed by atoms with Crippen molar-refractivity contribution in [1.82, 2.24) is 0 Å². The normalized spacial score (nSPS) is 11.8. The fraction of sp³-hybridized carbons (Fsp3) is 0.250. The lowest BCUT2D eigenvalue weighted by Gasteiger charge is -2.22. The molecule has 1 aliphatic heterocycles. The highest BCUT2D eigenvalue weighted by molar-refractivity contribution is 9.10. The average molecular weight is 601 g/mol. The van der Waals surface area contributed by atoms with Crippen molar-refractivity contribution in [3.05, 3.63) is 75.9 Å². The molecule has 0 aliphatic carbocycles. The summed E-state index contributed by atoms with van der Waals surface area (Å²) in [7, 11) is 6.74.